The normalized spacial score (nSPS) is 10.0. The van der Waals surface area contributed by atoms with Crippen LogP contribution >= 0.6 is 12.0 Å². The lowest BCUT2D eigenvalue weighted by Gasteiger charge is -2.02. The second-order valence-corrected chi connectivity index (χ2v) is 2.91. The summed E-state index contributed by atoms with van der Waals surface area (Å²) in [7, 11) is 1.74. The van der Waals surface area contributed by atoms with Crippen molar-refractivity contribution in [1.29, 1.82) is 0 Å². The summed E-state index contributed by atoms with van der Waals surface area (Å²) in [6.07, 6.45) is 0. The predicted octanol–water partition coefficient (Wildman–Crippen LogP) is 2.15. The van der Waals surface area contributed by atoms with E-state index in [0.717, 1.165) is 4.90 Å². The SMILES string of the molecule is CNOSc1ccccc1C. The van der Waals surface area contributed by atoms with Gasteiger partial charge in [-0.1, -0.05) is 18.2 Å². The highest BCUT2D eigenvalue weighted by molar-refractivity contribution is 7.94. The van der Waals surface area contributed by atoms with E-state index < -0.39 is 0 Å². The number of hydroxylamine groups is 1. The molecule has 1 aromatic rings. The molecule has 0 bridgehead atoms. The third-order valence-electron chi connectivity index (χ3n) is 1.31. The number of hydrogen-bond acceptors (Lipinski definition) is 3. The van der Waals surface area contributed by atoms with Crippen LogP contribution in [0.4, 0.5) is 0 Å². The highest BCUT2D eigenvalue weighted by atomic mass is 32.2. The van der Waals surface area contributed by atoms with Gasteiger partial charge in [0, 0.05) is 11.9 Å². The summed E-state index contributed by atoms with van der Waals surface area (Å²) < 4.78 is 4.97. The molecule has 0 saturated carbocycles. The topological polar surface area (TPSA) is 21.3 Å². The van der Waals surface area contributed by atoms with Gasteiger partial charge in [-0.3, -0.25) is 0 Å². The number of aryl methyl sites for hydroxylation is 1. The van der Waals surface area contributed by atoms with Crippen molar-refractivity contribution in [1.82, 2.24) is 5.48 Å². The zero-order valence-electron chi connectivity index (χ0n) is 6.63. The second-order valence-electron chi connectivity index (χ2n) is 2.14. The Bertz CT molecular complexity index is 227. The summed E-state index contributed by atoms with van der Waals surface area (Å²) in [6, 6.07) is 8.09. The van der Waals surface area contributed by atoms with Crippen molar-refractivity contribution in [3.05, 3.63) is 29.8 Å². The van der Waals surface area contributed by atoms with Gasteiger partial charge in [-0.05, 0) is 18.6 Å². The molecule has 1 N–H and O–H groups in total. The molecule has 0 heterocycles. The van der Waals surface area contributed by atoms with Crippen molar-refractivity contribution >= 4 is 12.0 Å². The highest BCUT2D eigenvalue weighted by Gasteiger charge is 1.96. The number of hydrogen-bond donors (Lipinski definition) is 1. The van der Waals surface area contributed by atoms with Gasteiger partial charge in [0.15, 0.2) is 0 Å². The van der Waals surface area contributed by atoms with Crippen LogP contribution in [0.15, 0.2) is 29.2 Å². The van der Waals surface area contributed by atoms with Crippen molar-refractivity contribution in [3.8, 4) is 0 Å². The fraction of sp³-hybridized carbons (Fsp3) is 0.250. The van der Waals surface area contributed by atoms with E-state index in [1.807, 2.05) is 18.2 Å². The lowest BCUT2D eigenvalue weighted by Crippen LogP contribution is -1.99. The molecular formula is C8H11NOS. The van der Waals surface area contributed by atoms with Gasteiger partial charge in [0.1, 0.15) is 0 Å². The zero-order chi connectivity index (χ0) is 8.10. The molecule has 3 heteroatoms. The molecular weight excluding hydrogens is 158 g/mol. The van der Waals surface area contributed by atoms with Crippen LogP contribution in [-0.2, 0) is 4.28 Å². The lowest BCUT2D eigenvalue weighted by atomic mass is 10.2. The van der Waals surface area contributed by atoms with Crippen LogP contribution < -0.4 is 5.48 Å². The van der Waals surface area contributed by atoms with Gasteiger partial charge >= 0.3 is 0 Å². The van der Waals surface area contributed by atoms with Crippen LogP contribution in [0.1, 0.15) is 5.56 Å². The Morgan fingerprint density at radius 3 is 2.73 bits per heavy atom. The smallest absolute Gasteiger partial charge is 0.0527 e. The van der Waals surface area contributed by atoms with Gasteiger partial charge < -0.3 is 0 Å². The maximum atomic E-state index is 4.97. The van der Waals surface area contributed by atoms with Gasteiger partial charge in [-0.15, -0.1) is 0 Å². The highest BCUT2D eigenvalue weighted by Crippen LogP contribution is 2.20. The zero-order valence-corrected chi connectivity index (χ0v) is 7.44. The molecule has 2 nitrogen and oxygen atoms in total. The van der Waals surface area contributed by atoms with E-state index in [1.165, 1.54) is 17.6 Å². The maximum absolute atomic E-state index is 4.97. The van der Waals surface area contributed by atoms with E-state index in [-0.39, 0.29) is 0 Å². The van der Waals surface area contributed by atoms with E-state index in [1.54, 1.807) is 7.05 Å². The summed E-state index contributed by atoms with van der Waals surface area (Å²) in [5.74, 6) is 0. The number of rotatable bonds is 3. The third-order valence-corrected chi connectivity index (χ3v) is 2.20. The molecule has 0 atom stereocenters. The summed E-state index contributed by atoms with van der Waals surface area (Å²) in [5.41, 5.74) is 3.84. The van der Waals surface area contributed by atoms with Crippen LogP contribution in [0.25, 0.3) is 0 Å². The average molecular weight is 169 g/mol. The Hall–Kier alpha value is -0.510. The van der Waals surface area contributed by atoms with Crippen molar-refractivity contribution in [2.75, 3.05) is 7.05 Å². The van der Waals surface area contributed by atoms with Crippen LogP contribution in [0.3, 0.4) is 0 Å². The summed E-state index contributed by atoms with van der Waals surface area (Å²) in [4.78, 5) is 1.14. The minimum Gasteiger partial charge on any atom is -0.227 e. The van der Waals surface area contributed by atoms with Gasteiger partial charge in [-0.25, -0.2) is 4.28 Å². The molecule has 0 aliphatic rings. The molecule has 60 valence electrons. The quantitative estimate of drug-likeness (QED) is 0.553. The first-order valence-corrected chi connectivity index (χ1v) is 4.14. The Balaban J connectivity index is 2.62. The van der Waals surface area contributed by atoms with E-state index in [9.17, 15) is 0 Å². The molecule has 0 aromatic heterocycles. The largest absolute Gasteiger partial charge is 0.227 e. The molecule has 0 amide bonds. The van der Waals surface area contributed by atoms with Crippen LogP contribution in [0.2, 0.25) is 0 Å². The number of benzene rings is 1. The molecule has 0 fully saturated rings. The molecule has 1 aromatic carbocycles. The molecule has 0 unspecified atom stereocenters. The minimum atomic E-state index is 1.14. The van der Waals surface area contributed by atoms with Crippen LogP contribution in [-0.4, -0.2) is 7.05 Å². The Morgan fingerprint density at radius 2 is 2.09 bits per heavy atom. The Labute approximate surface area is 71.1 Å². The van der Waals surface area contributed by atoms with Gasteiger partial charge in [0.25, 0.3) is 0 Å². The maximum Gasteiger partial charge on any atom is 0.0527 e. The molecule has 0 spiro atoms. The first-order valence-electron chi connectivity index (χ1n) is 3.40. The molecule has 11 heavy (non-hydrogen) atoms. The van der Waals surface area contributed by atoms with Crippen LogP contribution in [0, 0.1) is 6.92 Å². The standard InChI is InChI=1S/C8H11NOS/c1-7-5-3-4-6-8(7)11-10-9-2/h3-6,9H,1-2H3. The Morgan fingerprint density at radius 1 is 1.36 bits per heavy atom. The first kappa shape index (κ1) is 8.59. The van der Waals surface area contributed by atoms with Gasteiger partial charge in [0.05, 0.1) is 12.0 Å². The monoisotopic (exact) mass is 169 g/mol. The third kappa shape index (κ3) is 2.54. The minimum absolute atomic E-state index is 1.14. The van der Waals surface area contributed by atoms with E-state index >= 15 is 0 Å². The number of nitrogens with one attached hydrogen (secondary N) is 1. The Kier molecular flexibility index (Phi) is 3.42. The molecule has 0 aliphatic carbocycles. The fourth-order valence-electron chi connectivity index (χ4n) is 0.736. The summed E-state index contributed by atoms with van der Waals surface area (Å²) >= 11 is 1.34. The van der Waals surface area contributed by atoms with E-state index in [2.05, 4.69) is 18.5 Å². The van der Waals surface area contributed by atoms with Crippen molar-refractivity contribution < 1.29 is 4.28 Å². The van der Waals surface area contributed by atoms with Crippen LogP contribution in [0.5, 0.6) is 0 Å². The summed E-state index contributed by atoms with van der Waals surface area (Å²) in [6.45, 7) is 2.06. The predicted molar refractivity (Wildman–Crippen MR) is 47.2 cm³/mol. The fourth-order valence-corrected chi connectivity index (χ4v) is 1.24. The van der Waals surface area contributed by atoms with E-state index in [0.29, 0.717) is 0 Å². The second kappa shape index (κ2) is 4.38. The molecule has 0 radical (unpaired) electrons. The van der Waals surface area contributed by atoms with Crippen molar-refractivity contribution in [3.63, 3.8) is 0 Å². The van der Waals surface area contributed by atoms with Gasteiger partial charge in [0.2, 0.25) is 0 Å². The van der Waals surface area contributed by atoms with Gasteiger partial charge in [-0.2, -0.15) is 5.48 Å². The first-order chi connectivity index (χ1) is 5.34. The van der Waals surface area contributed by atoms with Crippen molar-refractivity contribution in [2.45, 2.75) is 11.8 Å². The molecule has 1 rings (SSSR count). The van der Waals surface area contributed by atoms with E-state index in [4.69, 9.17) is 4.28 Å². The lowest BCUT2D eigenvalue weighted by molar-refractivity contribution is 0.271. The summed E-state index contributed by atoms with van der Waals surface area (Å²) in [5, 5.41) is 0. The molecule has 0 saturated heterocycles. The molecule has 0 aliphatic heterocycles. The average Bonchev–Trinajstić information content (AvgIpc) is 2.03. The van der Waals surface area contributed by atoms with Crippen molar-refractivity contribution in [2.24, 2.45) is 0 Å².